The quantitative estimate of drug-likeness (QED) is 0.740. The number of urea groups is 1. The molecule has 0 bridgehead atoms. The summed E-state index contributed by atoms with van der Waals surface area (Å²) in [5.41, 5.74) is 0.347. The average molecular weight is 370 g/mol. The van der Waals surface area contributed by atoms with E-state index in [1.54, 1.807) is 12.1 Å². The van der Waals surface area contributed by atoms with E-state index in [0.29, 0.717) is 12.1 Å². The molecule has 0 fully saturated rings. The Morgan fingerprint density at radius 2 is 1.77 bits per heavy atom. The molecule has 3 amide bonds. The summed E-state index contributed by atoms with van der Waals surface area (Å²) in [7, 11) is 0. The maximum Gasteiger partial charge on any atom is 0.319 e. The van der Waals surface area contributed by atoms with Gasteiger partial charge in [-0.3, -0.25) is 4.79 Å². The second-order valence-corrected chi connectivity index (χ2v) is 7.10. The van der Waals surface area contributed by atoms with Gasteiger partial charge in [0.25, 0.3) is 0 Å². The molecule has 0 aliphatic heterocycles. The maximum atomic E-state index is 12.2. The Kier molecular flexibility index (Phi) is 6.87. The Bertz CT molecular complexity index is 509. The lowest BCUT2D eigenvalue weighted by Crippen LogP contribution is -2.52. The third-order valence-corrected chi connectivity index (χ3v) is 3.33. The molecule has 122 valence electrons. The number of hydrogen-bond acceptors (Lipinski definition) is 2. The lowest BCUT2D eigenvalue weighted by atomic mass is 10.1. The van der Waals surface area contributed by atoms with E-state index in [1.807, 2.05) is 39.8 Å². The van der Waals surface area contributed by atoms with Gasteiger partial charge in [-0.05, 0) is 51.5 Å². The molecule has 0 aromatic heterocycles. The van der Waals surface area contributed by atoms with Crippen LogP contribution in [0.2, 0.25) is 0 Å². The van der Waals surface area contributed by atoms with Gasteiger partial charge in [0.15, 0.2) is 0 Å². The molecule has 1 atom stereocenters. The number of benzene rings is 1. The third kappa shape index (κ3) is 6.93. The van der Waals surface area contributed by atoms with Gasteiger partial charge in [0, 0.05) is 15.7 Å². The smallest absolute Gasteiger partial charge is 0.319 e. The van der Waals surface area contributed by atoms with Gasteiger partial charge >= 0.3 is 6.03 Å². The molecular weight excluding hydrogens is 346 g/mol. The van der Waals surface area contributed by atoms with E-state index in [9.17, 15) is 9.59 Å². The highest BCUT2D eigenvalue weighted by molar-refractivity contribution is 9.10. The van der Waals surface area contributed by atoms with E-state index in [4.69, 9.17) is 0 Å². The van der Waals surface area contributed by atoms with E-state index in [2.05, 4.69) is 31.9 Å². The van der Waals surface area contributed by atoms with Crippen molar-refractivity contribution in [1.29, 1.82) is 0 Å². The fraction of sp³-hybridized carbons (Fsp3) is 0.500. The second kappa shape index (κ2) is 8.17. The van der Waals surface area contributed by atoms with Crippen molar-refractivity contribution < 1.29 is 9.59 Å². The number of amides is 3. The Hall–Kier alpha value is -1.56. The minimum atomic E-state index is -0.542. The van der Waals surface area contributed by atoms with Crippen LogP contribution in [0.3, 0.4) is 0 Å². The van der Waals surface area contributed by atoms with Crippen LogP contribution in [0.5, 0.6) is 0 Å². The molecule has 0 spiro atoms. The van der Waals surface area contributed by atoms with Crippen LogP contribution in [0.15, 0.2) is 28.7 Å². The Labute approximate surface area is 140 Å². The lowest BCUT2D eigenvalue weighted by molar-refractivity contribution is -0.124. The molecule has 3 N–H and O–H groups in total. The fourth-order valence-corrected chi connectivity index (χ4v) is 2.14. The van der Waals surface area contributed by atoms with E-state index >= 15 is 0 Å². The van der Waals surface area contributed by atoms with Gasteiger partial charge in [0.2, 0.25) is 5.91 Å². The van der Waals surface area contributed by atoms with Gasteiger partial charge < -0.3 is 16.0 Å². The van der Waals surface area contributed by atoms with Crippen molar-refractivity contribution in [1.82, 2.24) is 10.6 Å². The first-order valence-corrected chi connectivity index (χ1v) is 8.15. The number of carbonyl (C=O) groups is 2. The predicted molar refractivity (Wildman–Crippen MR) is 92.9 cm³/mol. The highest BCUT2D eigenvalue weighted by atomic mass is 79.9. The zero-order valence-corrected chi connectivity index (χ0v) is 15.1. The fourth-order valence-electron chi connectivity index (χ4n) is 1.87. The van der Waals surface area contributed by atoms with Gasteiger partial charge in [-0.25, -0.2) is 4.79 Å². The predicted octanol–water partition coefficient (Wildman–Crippen LogP) is 3.65. The largest absolute Gasteiger partial charge is 0.350 e. The number of carbonyl (C=O) groups excluding carboxylic acids is 2. The van der Waals surface area contributed by atoms with Crippen molar-refractivity contribution in [2.24, 2.45) is 0 Å². The molecular formula is C16H24BrN3O2. The molecule has 22 heavy (non-hydrogen) atoms. The maximum absolute atomic E-state index is 12.2. The molecule has 1 aromatic rings. The first kappa shape index (κ1) is 18.5. The first-order valence-electron chi connectivity index (χ1n) is 7.36. The normalized spacial score (nSPS) is 12.4. The monoisotopic (exact) mass is 369 g/mol. The molecule has 0 unspecified atom stereocenters. The molecule has 0 heterocycles. The molecule has 0 saturated carbocycles. The van der Waals surface area contributed by atoms with Crippen LogP contribution < -0.4 is 16.0 Å². The summed E-state index contributed by atoms with van der Waals surface area (Å²) < 4.78 is 0.937. The van der Waals surface area contributed by atoms with E-state index < -0.39 is 6.04 Å². The summed E-state index contributed by atoms with van der Waals surface area (Å²) in [6.07, 6.45) is 1.40. The van der Waals surface area contributed by atoms with Crippen LogP contribution in [0.25, 0.3) is 0 Å². The first-order chi connectivity index (χ1) is 10.2. The van der Waals surface area contributed by atoms with Crippen molar-refractivity contribution in [2.45, 2.75) is 52.1 Å². The van der Waals surface area contributed by atoms with Gasteiger partial charge in [0.1, 0.15) is 6.04 Å². The van der Waals surface area contributed by atoms with Crippen molar-refractivity contribution in [3.63, 3.8) is 0 Å². The van der Waals surface area contributed by atoms with E-state index in [0.717, 1.165) is 10.9 Å². The van der Waals surface area contributed by atoms with E-state index in [1.165, 1.54) is 0 Å². The van der Waals surface area contributed by atoms with Crippen LogP contribution in [-0.2, 0) is 4.79 Å². The summed E-state index contributed by atoms with van der Waals surface area (Å²) in [5, 5.41) is 8.35. The van der Waals surface area contributed by atoms with Crippen molar-refractivity contribution in [3.8, 4) is 0 Å². The molecule has 1 rings (SSSR count). The lowest BCUT2D eigenvalue weighted by Gasteiger charge is -2.25. The number of halogens is 1. The Morgan fingerprint density at radius 3 is 2.27 bits per heavy atom. The van der Waals surface area contributed by atoms with Gasteiger partial charge in [-0.2, -0.15) is 0 Å². The average Bonchev–Trinajstić information content (AvgIpc) is 2.39. The van der Waals surface area contributed by atoms with Crippen LogP contribution in [0.1, 0.15) is 40.5 Å². The molecule has 1 aromatic carbocycles. The van der Waals surface area contributed by atoms with Crippen LogP contribution >= 0.6 is 15.9 Å². The zero-order chi connectivity index (χ0) is 16.8. The van der Waals surface area contributed by atoms with E-state index in [-0.39, 0.29) is 17.5 Å². The minimum Gasteiger partial charge on any atom is -0.350 e. The van der Waals surface area contributed by atoms with Crippen molar-refractivity contribution in [3.05, 3.63) is 28.7 Å². The highest BCUT2D eigenvalue weighted by Gasteiger charge is 2.23. The molecule has 5 nitrogen and oxygen atoms in total. The Balaban J connectivity index is 2.63. The minimum absolute atomic E-state index is 0.166. The number of rotatable bonds is 5. The summed E-state index contributed by atoms with van der Waals surface area (Å²) in [6, 6.07) is 6.32. The Morgan fingerprint density at radius 1 is 1.18 bits per heavy atom. The number of anilines is 1. The van der Waals surface area contributed by atoms with Crippen LogP contribution in [0, 0.1) is 0 Å². The van der Waals surface area contributed by atoms with Gasteiger partial charge in [-0.1, -0.05) is 29.3 Å². The standard InChI is InChI=1S/C16H24BrN3O2/c1-5-6-13(14(21)20-16(2,3)4)19-15(22)18-12-9-7-11(17)8-10-12/h7-10,13H,5-6H2,1-4H3,(H,20,21)(H2,18,19,22)/t13-/m0/s1. The van der Waals surface area contributed by atoms with Crippen LogP contribution in [-0.4, -0.2) is 23.5 Å². The number of nitrogens with one attached hydrogen (secondary N) is 3. The summed E-state index contributed by atoms with van der Waals surface area (Å²) in [5.74, 6) is -0.166. The molecule has 0 radical (unpaired) electrons. The zero-order valence-electron chi connectivity index (χ0n) is 13.5. The summed E-state index contributed by atoms with van der Waals surface area (Å²) in [4.78, 5) is 24.3. The summed E-state index contributed by atoms with van der Waals surface area (Å²) >= 11 is 3.34. The van der Waals surface area contributed by atoms with Gasteiger partial charge in [0.05, 0.1) is 0 Å². The third-order valence-electron chi connectivity index (χ3n) is 2.80. The molecule has 0 saturated heterocycles. The topological polar surface area (TPSA) is 70.2 Å². The molecule has 0 aliphatic carbocycles. The summed E-state index contributed by atoms with van der Waals surface area (Å²) in [6.45, 7) is 7.72. The van der Waals surface area contributed by atoms with Crippen molar-refractivity contribution in [2.75, 3.05) is 5.32 Å². The number of hydrogen-bond donors (Lipinski definition) is 3. The molecule has 6 heteroatoms. The second-order valence-electron chi connectivity index (χ2n) is 6.19. The van der Waals surface area contributed by atoms with Crippen LogP contribution in [0.4, 0.5) is 10.5 Å². The van der Waals surface area contributed by atoms with Gasteiger partial charge in [-0.15, -0.1) is 0 Å². The molecule has 0 aliphatic rings. The highest BCUT2D eigenvalue weighted by Crippen LogP contribution is 2.14. The van der Waals surface area contributed by atoms with Crippen molar-refractivity contribution >= 4 is 33.6 Å². The SMILES string of the molecule is CCC[C@H](NC(=O)Nc1ccc(Br)cc1)C(=O)NC(C)(C)C.